The van der Waals surface area contributed by atoms with Crippen molar-refractivity contribution in [2.75, 3.05) is 18.5 Å². The van der Waals surface area contributed by atoms with Crippen LogP contribution in [0.5, 0.6) is 5.88 Å². The van der Waals surface area contributed by atoms with Crippen molar-refractivity contribution in [2.24, 2.45) is 0 Å². The minimum Gasteiger partial charge on any atom is -0.474 e. The summed E-state index contributed by atoms with van der Waals surface area (Å²) in [5, 5.41) is 2.85. The molecule has 0 atom stereocenters. The van der Waals surface area contributed by atoms with Crippen molar-refractivity contribution in [2.45, 2.75) is 32.0 Å². The number of alkyl halides is 3. The Hall–Kier alpha value is -3.20. The topological polar surface area (TPSA) is 69.2 Å². The molecule has 4 rings (SSSR count). The molecule has 0 unspecified atom stereocenters. The number of aryl methyl sites for hydroxylation is 1. The van der Waals surface area contributed by atoms with E-state index in [0.29, 0.717) is 24.8 Å². The second kappa shape index (κ2) is 8.89. The van der Waals surface area contributed by atoms with Crippen LogP contribution in [0.15, 0.2) is 48.8 Å². The quantitative estimate of drug-likeness (QED) is 0.603. The van der Waals surface area contributed by atoms with Crippen LogP contribution in [0.25, 0.3) is 11.1 Å². The summed E-state index contributed by atoms with van der Waals surface area (Å²) in [4.78, 5) is 11.8. The van der Waals surface area contributed by atoms with Gasteiger partial charge in [-0.25, -0.2) is 15.0 Å². The lowest BCUT2D eigenvalue weighted by atomic mass is 10.0. The fraction of sp³-hybridized carbons (Fsp3) is 0.318. The Kier molecular flexibility index (Phi) is 6.03. The summed E-state index contributed by atoms with van der Waals surface area (Å²) in [5.74, 6) is 0.434. The normalized spacial score (nSPS) is 15.0. The van der Waals surface area contributed by atoms with Gasteiger partial charge in [-0.1, -0.05) is 6.07 Å². The molecule has 0 spiro atoms. The number of hydrogen-bond donors (Lipinski definition) is 1. The summed E-state index contributed by atoms with van der Waals surface area (Å²) < 4.78 is 49.9. The van der Waals surface area contributed by atoms with Crippen molar-refractivity contribution in [3.63, 3.8) is 0 Å². The van der Waals surface area contributed by atoms with Gasteiger partial charge in [0.05, 0.1) is 13.2 Å². The molecule has 0 radical (unpaired) electrons. The summed E-state index contributed by atoms with van der Waals surface area (Å²) in [6.07, 6.45) is 0.0534. The van der Waals surface area contributed by atoms with Crippen molar-refractivity contribution < 1.29 is 22.6 Å². The zero-order valence-corrected chi connectivity index (χ0v) is 16.8. The standard InChI is InChI=1S/C22H21F3N4O2/c1-14-10-16(15-2-3-20(27-13-15)31-18-5-8-30-9-6-18)12-17(11-14)28-21-26-7-4-19(29-21)22(23,24)25/h2-4,7,10-13,18H,5-6,8-9H2,1H3,(H,26,28,29). The highest BCUT2D eigenvalue weighted by Gasteiger charge is 2.32. The van der Waals surface area contributed by atoms with E-state index in [2.05, 4.69) is 20.3 Å². The Balaban J connectivity index is 1.51. The number of rotatable bonds is 5. The number of ether oxygens (including phenoxy) is 2. The molecule has 0 saturated carbocycles. The average Bonchev–Trinajstić information content (AvgIpc) is 2.74. The molecule has 6 nitrogen and oxygen atoms in total. The molecular formula is C22H21F3N4O2. The van der Waals surface area contributed by atoms with E-state index in [1.807, 2.05) is 37.3 Å². The van der Waals surface area contributed by atoms with E-state index in [1.54, 1.807) is 6.20 Å². The van der Waals surface area contributed by atoms with Crippen molar-refractivity contribution in [3.8, 4) is 17.0 Å². The minimum absolute atomic E-state index is 0.106. The number of pyridine rings is 1. The molecule has 1 aliphatic heterocycles. The first-order chi connectivity index (χ1) is 14.9. The van der Waals surface area contributed by atoms with Gasteiger partial charge in [-0.05, 0) is 42.3 Å². The van der Waals surface area contributed by atoms with Gasteiger partial charge in [0, 0.05) is 42.6 Å². The van der Waals surface area contributed by atoms with Crippen LogP contribution in [0.2, 0.25) is 0 Å². The zero-order chi connectivity index (χ0) is 21.8. The maximum atomic E-state index is 12.9. The SMILES string of the molecule is Cc1cc(Nc2nccc(C(F)(F)F)n2)cc(-c2ccc(OC3CCOCC3)nc2)c1. The molecule has 1 aromatic carbocycles. The molecular weight excluding hydrogens is 409 g/mol. The first-order valence-electron chi connectivity index (χ1n) is 9.86. The third-order valence-electron chi connectivity index (χ3n) is 4.80. The van der Waals surface area contributed by atoms with Crippen LogP contribution < -0.4 is 10.1 Å². The number of benzene rings is 1. The third-order valence-corrected chi connectivity index (χ3v) is 4.80. The molecule has 3 heterocycles. The molecule has 0 bridgehead atoms. The number of nitrogens with one attached hydrogen (secondary N) is 1. The van der Waals surface area contributed by atoms with Gasteiger partial charge in [-0.3, -0.25) is 0 Å². The van der Waals surface area contributed by atoms with E-state index < -0.39 is 11.9 Å². The highest BCUT2D eigenvalue weighted by atomic mass is 19.4. The van der Waals surface area contributed by atoms with Gasteiger partial charge in [0.15, 0.2) is 0 Å². The van der Waals surface area contributed by atoms with Gasteiger partial charge in [0.25, 0.3) is 0 Å². The number of hydrogen-bond acceptors (Lipinski definition) is 6. The van der Waals surface area contributed by atoms with E-state index in [-0.39, 0.29) is 12.1 Å². The number of anilines is 2. The molecule has 0 aliphatic carbocycles. The first-order valence-corrected chi connectivity index (χ1v) is 9.86. The van der Waals surface area contributed by atoms with Crippen LogP contribution in [0.3, 0.4) is 0 Å². The highest BCUT2D eigenvalue weighted by Crippen LogP contribution is 2.30. The second-order valence-corrected chi connectivity index (χ2v) is 7.29. The highest BCUT2D eigenvalue weighted by molar-refractivity contribution is 5.70. The van der Waals surface area contributed by atoms with Crippen LogP contribution in [-0.2, 0) is 10.9 Å². The molecule has 1 N–H and O–H groups in total. The fourth-order valence-corrected chi connectivity index (χ4v) is 3.31. The molecule has 1 aliphatic rings. The van der Waals surface area contributed by atoms with Crippen LogP contribution in [-0.4, -0.2) is 34.3 Å². The van der Waals surface area contributed by atoms with E-state index in [9.17, 15) is 13.2 Å². The number of nitrogens with zero attached hydrogens (tertiary/aromatic N) is 3. The van der Waals surface area contributed by atoms with Gasteiger partial charge in [0.2, 0.25) is 11.8 Å². The van der Waals surface area contributed by atoms with Crippen LogP contribution in [0, 0.1) is 6.92 Å². The van der Waals surface area contributed by atoms with Crippen molar-refractivity contribution in [1.29, 1.82) is 0 Å². The largest absolute Gasteiger partial charge is 0.474 e. The van der Waals surface area contributed by atoms with E-state index in [4.69, 9.17) is 9.47 Å². The summed E-state index contributed by atoms with van der Waals surface area (Å²) >= 11 is 0. The molecule has 2 aromatic heterocycles. The minimum atomic E-state index is -4.53. The lowest BCUT2D eigenvalue weighted by Crippen LogP contribution is -2.26. The Morgan fingerprint density at radius 2 is 1.84 bits per heavy atom. The van der Waals surface area contributed by atoms with Crippen molar-refractivity contribution >= 4 is 11.6 Å². The van der Waals surface area contributed by atoms with Crippen LogP contribution >= 0.6 is 0 Å². The molecule has 1 fully saturated rings. The monoisotopic (exact) mass is 430 g/mol. The Bertz CT molecular complexity index is 1040. The predicted octanol–water partition coefficient (Wildman–Crippen LogP) is 5.17. The van der Waals surface area contributed by atoms with Gasteiger partial charge in [-0.2, -0.15) is 13.2 Å². The lowest BCUT2D eigenvalue weighted by Gasteiger charge is -2.22. The van der Waals surface area contributed by atoms with Gasteiger partial charge in [-0.15, -0.1) is 0 Å². The molecule has 162 valence electrons. The molecule has 31 heavy (non-hydrogen) atoms. The summed E-state index contributed by atoms with van der Waals surface area (Å²) in [6, 6.07) is 10.1. The van der Waals surface area contributed by atoms with E-state index >= 15 is 0 Å². The van der Waals surface area contributed by atoms with E-state index in [1.165, 1.54) is 0 Å². The van der Waals surface area contributed by atoms with Crippen molar-refractivity contribution in [3.05, 3.63) is 60.0 Å². The average molecular weight is 430 g/mol. The molecule has 1 saturated heterocycles. The lowest BCUT2D eigenvalue weighted by molar-refractivity contribution is -0.141. The van der Waals surface area contributed by atoms with Crippen molar-refractivity contribution in [1.82, 2.24) is 15.0 Å². The molecule has 0 amide bonds. The number of halogens is 3. The molecule has 9 heteroatoms. The van der Waals surface area contributed by atoms with Crippen LogP contribution in [0.1, 0.15) is 24.1 Å². The summed E-state index contributed by atoms with van der Waals surface area (Å²) in [7, 11) is 0. The third kappa shape index (κ3) is 5.49. The van der Waals surface area contributed by atoms with Crippen LogP contribution in [0.4, 0.5) is 24.8 Å². The Labute approximate surface area is 177 Å². The predicted molar refractivity (Wildman–Crippen MR) is 109 cm³/mol. The van der Waals surface area contributed by atoms with Gasteiger partial charge >= 0.3 is 6.18 Å². The maximum absolute atomic E-state index is 12.9. The van der Waals surface area contributed by atoms with Gasteiger partial charge < -0.3 is 14.8 Å². The Morgan fingerprint density at radius 1 is 1.03 bits per heavy atom. The summed E-state index contributed by atoms with van der Waals surface area (Å²) in [5.41, 5.74) is 2.23. The smallest absolute Gasteiger partial charge is 0.433 e. The second-order valence-electron chi connectivity index (χ2n) is 7.29. The van der Waals surface area contributed by atoms with Gasteiger partial charge in [0.1, 0.15) is 11.8 Å². The fourth-order valence-electron chi connectivity index (χ4n) is 3.31. The zero-order valence-electron chi connectivity index (χ0n) is 16.8. The van der Waals surface area contributed by atoms with E-state index in [0.717, 1.165) is 41.8 Å². The number of aromatic nitrogens is 3. The molecule has 3 aromatic rings. The Morgan fingerprint density at radius 3 is 2.55 bits per heavy atom. The maximum Gasteiger partial charge on any atom is 0.433 e. The summed E-state index contributed by atoms with van der Waals surface area (Å²) in [6.45, 7) is 3.28. The first kappa shape index (κ1) is 21.0.